The highest BCUT2D eigenvalue weighted by Crippen LogP contribution is 2.15. The van der Waals surface area contributed by atoms with Crippen molar-refractivity contribution in [3.05, 3.63) is 35.9 Å². The van der Waals surface area contributed by atoms with Crippen LogP contribution in [-0.2, 0) is 4.74 Å². The summed E-state index contributed by atoms with van der Waals surface area (Å²) in [5, 5.41) is 10.5. The summed E-state index contributed by atoms with van der Waals surface area (Å²) in [5.41, 5.74) is 1.24. The summed E-state index contributed by atoms with van der Waals surface area (Å²) >= 11 is 0. The number of rotatable bonds is 11. The molecule has 0 aliphatic heterocycles. The van der Waals surface area contributed by atoms with Crippen molar-refractivity contribution < 1.29 is 4.74 Å². The Morgan fingerprint density at radius 3 is 2.46 bits per heavy atom. The maximum atomic E-state index is 5.35. The summed E-state index contributed by atoms with van der Waals surface area (Å²) < 4.78 is 5.35. The second kappa shape index (κ2) is 14.2. The van der Waals surface area contributed by atoms with E-state index >= 15 is 0 Å². The summed E-state index contributed by atoms with van der Waals surface area (Å²) in [6.07, 6.45) is 2.15. The van der Waals surface area contributed by atoms with Crippen molar-refractivity contribution in [2.75, 3.05) is 33.4 Å². The van der Waals surface area contributed by atoms with E-state index in [1.807, 2.05) is 20.0 Å². The fourth-order valence-electron chi connectivity index (χ4n) is 2.67. The van der Waals surface area contributed by atoms with Gasteiger partial charge < -0.3 is 20.7 Å². The van der Waals surface area contributed by atoms with E-state index in [4.69, 9.17) is 4.74 Å². The van der Waals surface area contributed by atoms with E-state index in [2.05, 4.69) is 66.0 Å². The van der Waals surface area contributed by atoms with E-state index in [1.165, 1.54) is 5.56 Å². The molecule has 0 aliphatic carbocycles. The van der Waals surface area contributed by atoms with Gasteiger partial charge in [0.25, 0.3) is 0 Å². The van der Waals surface area contributed by atoms with Crippen LogP contribution in [0, 0.1) is 0 Å². The Labute approximate surface area is 176 Å². The zero-order chi connectivity index (χ0) is 18.5. The Bertz CT molecular complexity index is 494. The van der Waals surface area contributed by atoms with Crippen LogP contribution in [0.4, 0.5) is 0 Å². The summed E-state index contributed by atoms with van der Waals surface area (Å²) in [4.78, 5) is 4.30. The molecular formula is C20H37IN4O. The van der Waals surface area contributed by atoms with Crippen LogP contribution in [0.2, 0.25) is 0 Å². The summed E-state index contributed by atoms with van der Waals surface area (Å²) in [7, 11) is 1.81. The van der Waals surface area contributed by atoms with Gasteiger partial charge >= 0.3 is 0 Å². The third-order valence-electron chi connectivity index (χ3n) is 4.04. The maximum absolute atomic E-state index is 5.35. The molecule has 3 N–H and O–H groups in total. The number of nitrogens with zero attached hydrogens (tertiary/aromatic N) is 1. The first-order chi connectivity index (χ1) is 12.0. The number of aliphatic imine (C=N–C) groups is 1. The average Bonchev–Trinajstić information content (AvgIpc) is 2.61. The lowest BCUT2D eigenvalue weighted by Crippen LogP contribution is -2.52. The molecule has 0 spiro atoms. The van der Waals surface area contributed by atoms with E-state index in [0.29, 0.717) is 6.04 Å². The third kappa shape index (κ3) is 11.0. The number of unbranched alkanes of at least 4 members (excludes halogenated alkanes) is 1. The molecule has 150 valence electrons. The van der Waals surface area contributed by atoms with Gasteiger partial charge in [-0.3, -0.25) is 4.99 Å². The van der Waals surface area contributed by atoms with E-state index in [1.54, 1.807) is 0 Å². The van der Waals surface area contributed by atoms with Gasteiger partial charge in [0.1, 0.15) is 0 Å². The summed E-state index contributed by atoms with van der Waals surface area (Å²) in [6.45, 7) is 12.0. The molecule has 5 nitrogen and oxygen atoms in total. The number of hydrogen-bond acceptors (Lipinski definition) is 3. The minimum absolute atomic E-state index is 0. The molecule has 1 rings (SSSR count). The topological polar surface area (TPSA) is 57.7 Å². The first kappa shape index (κ1) is 25.1. The molecule has 1 unspecified atom stereocenters. The van der Waals surface area contributed by atoms with Gasteiger partial charge in [0.05, 0.1) is 0 Å². The van der Waals surface area contributed by atoms with Gasteiger partial charge in [0.2, 0.25) is 0 Å². The number of ether oxygens (including phenoxy) is 1. The molecular weight excluding hydrogens is 439 g/mol. The van der Waals surface area contributed by atoms with Gasteiger partial charge in [-0.05, 0) is 46.1 Å². The van der Waals surface area contributed by atoms with Crippen LogP contribution in [0.5, 0.6) is 0 Å². The van der Waals surface area contributed by atoms with Gasteiger partial charge in [-0.2, -0.15) is 0 Å². The fourth-order valence-corrected chi connectivity index (χ4v) is 2.67. The molecule has 0 amide bonds. The number of benzene rings is 1. The van der Waals surface area contributed by atoms with E-state index in [-0.39, 0.29) is 29.5 Å². The number of guanidine groups is 1. The maximum Gasteiger partial charge on any atom is 0.191 e. The zero-order valence-corrected chi connectivity index (χ0v) is 19.3. The Balaban J connectivity index is 0.00000625. The van der Waals surface area contributed by atoms with Crippen molar-refractivity contribution in [1.82, 2.24) is 16.0 Å². The minimum Gasteiger partial charge on any atom is -0.382 e. The monoisotopic (exact) mass is 476 g/mol. The average molecular weight is 476 g/mol. The quantitative estimate of drug-likeness (QED) is 0.197. The smallest absolute Gasteiger partial charge is 0.191 e. The lowest BCUT2D eigenvalue weighted by molar-refractivity contribution is 0.143. The molecule has 0 radical (unpaired) electrons. The van der Waals surface area contributed by atoms with E-state index in [0.717, 1.165) is 45.1 Å². The van der Waals surface area contributed by atoms with Crippen molar-refractivity contribution in [3.63, 3.8) is 0 Å². The highest BCUT2D eigenvalue weighted by Gasteiger charge is 2.21. The fraction of sp³-hybridized carbons (Fsp3) is 0.650. The molecule has 1 aromatic carbocycles. The molecule has 0 aromatic heterocycles. The van der Waals surface area contributed by atoms with Gasteiger partial charge in [0, 0.05) is 44.9 Å². The predicted molar refractivity (Wildman–Crippen MR) is 123 cm³/mol. The predicted octanol–water partition coefficient (Wildman–Crippen LogP) is 3.72. The van der Waals surface area contributed by atoms with Crippen molar-refractivity contribution in [2.45, 2.75) is 52.1 Å². The second-order valence-corrected chi connectivity index (χ2v) is 6.92. The summed E-state index contributed by atoms with van der Waals surface area (Å²) in [5.74, 6) is 0.846. The highest BCUT2D eigenvalue weighted by molar-refractivity contribution is 14.0. The molecule has 26 heavy (non-hydrogen) atoms. The molecule has 0 saturated carbocycles. The van der Waals surface area contributed by atoms with E-state index < -0.39 is 0 Å². The SMILES string of the molecule is CCOCCCCNC(=NC)NCC(C)(C)NC(C)c1ccccc1.I. The number of nitrogens with one attached hydrogen (secondary N) is 3. The van der Waals surface area contributed by atoms with Crippen LogP contribution in [0.3, 0.4) is 0 Å². The Kier molecular flexibility index (Phi) is 13.8. The molecule has 1 atom stereocenters. The lowest BCUT2D eigenvalue weighted by atomic mass is 10.0. The molecule has 0 saturated heterocycles. The largest absolute Gasteiger partial charge is 0.382 e. The highest BCUT2D eigenvalue weighted by atomic mass is 127. The van der Waals surface area contributed by atoms with Gasteiger partial charge in [-0.25, -0.2) is 0 Å². The Hall–Kier alpha value is -0.860. The first-order valence-electron chi connectivity index (χ1n) is 9.33. The molecule has 0 bridgehead atoms. The Morgan fingerprint density at radius 2 is 1.85 bits per heavy atom. The first-order valence-corrected chi connectivity index (χ1v) is 9.33. The zero-order valence-electron chi connectivity index (χ0n) is 17.0. The molecule has 0 aliphatic rings. The van der Waals surface area contributed by atoms with Crippen LogP contribution in [0.15, 0.2) is 35.3 Å². The van der Waals surface area contributed by atoms with Crippen LogP contribution in [-0.4, -0.2) is 44.8 Å². The second-order valence-electron chi connectivity index (χ2n) is 6.92. The Morgan fingerprint density at radius 1 is 1.15 bits per heavy atom. The lowest BCUT2D eigenvalue weighted by Gasteiger charge is -2.31. The standard InChI is InChI=1S/C20H36N4O.HI/c1-6-25-15-11-10-14-22-19(21-5)23-16-20(3,4)24-17(2)18-12-8-7-9-13-18;/h7-9,12-13,17,24H,6,10-11,14-16H2,1-5H3,(H2,21,22,23);1H. The summed E-state index contributed by atoms with van der Waals surface area (Å²) in [6, 6.07) is 10.8. The van der Waals surface area contributed by atoms with Gasteiger partial charge in [0.15, 0.2) is 5.96 Å². The number of halogens is 1. The molecule has 0 heterocycles. The van der Waals surface area contributed by atoms with Crippen LogP contribution < -0.4 is 16.0 Å². The molecule has 0 fully saturated rings. The van der Waals surface area contributed by atoms with Crippen LogP contribution in [0.1, 0.15) is 52.1 Å². The van der Waals surface area contributed by atoms with Crippen molar-refractivity contribution in [1.29, 1.82) is 0 Å². The van der Waals surface area contributed by atoms with Crippen LogP contribution >= 0.6 is 24.0 Å². The molecule has 6 heteroatoms. The normalized spacial score (nSPS) is 13.0. The minimum atomic E-state index is -0.0537. The number of hydrogen-bond donors (Lipinski definition) is 3. The van der Waals surface area contributed by atoms with Crippen molar-refractivity contribution in [2.24, 2.45) is 4.99 Å². The van der Waals surface area contributed by atoms with Crippen LogP contribution in [0.25, 0.3) is 0 Å². The van der Waals surface area contributed by atoms with Gasteiger partial charge in [-0.15, -0.1) is 24.0 Å². The third-order valence-corrected chi connectivity index (χ3v) is 4.04. The van der Waals surface area contributed by atoms with Crippen molar-refractivity contribution >= 4 is 29.9 Å². The van der Waals surface area contributed by atoms with Crippen molar-refractivity contribution in [3.8, 4) is 0 Å². The van der Waals surface area contributed by atoms with Gasteiger partial charge in [-0.1, -0.05) is 30.3 Å². The van der Waals surface area contributed by atoms with E-state index in [9.17, 15) is 0 Å². The molecule has 1 aromatic rings.